The molecule has 3 saturated heterocycles. The highest BCUT2D eigenvalue weighted by atomic mass is 32.2. The molecule has 0 amide bonds. The van der Waals surface area contributed by atoms with Crippen LogP contribution in [-0.2, 0) is 27.5 Å². The number of hydrogen-bond acceptors (Lipinski definition) is 9. The molecule has 0 unspecified atom stereocenters. The number of hydrogen-bond donors (Lipinski definition) is 0. The number of anilines is 1. The van der Waals surface area contributed by atoms with Gasteiger partial charge in [-0.1, -0.05) is 30.4 Å². The van der Waals surface area contributed by atoms with Crippen molar-refractivity contribution >= 4 is 43.9 Å². The lowest BCUT2D eigenvalue weighted by molar-refractivity contribution is 0.0180. The smallest absolute Gasteiger partial charge is 0.229 e. The Morgan fingerprint density at radius 2 is 1.92 bits per heavy atom. The highest BCUT2D eigenvalue weighted by Crippen LogP contribution is 2.42. The zero-order valence-corrected chi connectivity index (χ0v) is 21.7. The predicted octanol–water partition coefficient (Wildman–Crippen LogP) is 3.07. The molecule has 0 saturated carbocycles. The molecule has 0 N–H and O–H groups in total. The molecule has 10 heteroatoms. The molecule has 3 aromatic heterocycles. The van der Waals surface area contributed by atoms with Gasteiger partial charge in [0.1, 0.15) is 5.52 Å². The average molecular weight is 530 g/mol. The Bertz CT molecular complexity index is 1740. The van der Waals surface area contributed by atoms with Crippen LogP contribution in [0.3, 0.4) is 0 Å². The summed E-state index contributed by atoms with van der Waals surface area (Å²) < 4.78 is 35.2. The molecular formula is C28H27N5O4S. The molecule has 0 bridgehead atoms. The summed E-state index contributed by atoms with van der Waals surface area (Å²) >= 11 is 0. The molecular weight excluding hydrogens is 502 g/mol. The maximum absolute atomic E-state index is 11.7. The molecule has 4 aromatic rings. The fourth-order valence-electron chi connectivity index (χ4n) is 6.59. The average Bonchev–Trinajstić information content (AvgIpc) is 3.51. The minimum Gasteiger partial charge on any atom is -0.432 e. The summed E-state index contributed by atoms with van der Waals surface area (Å²) in [6.45, 7) is 5.12. The number of aromatic nitrogens is 3. The van der Waals surface area contributed by atoms with E-state index >= 15 is 0 Å². The molecule has 38 heavy (non-hydrogen) atoms. The van der Waals surface area contributed by atoms with Gasteiger partial charge in [-0.05, 0) is 29.2 Å². The second-order valence-corrected chi connectivity index (χ2v) is 13.2. The van der Waals surface area contributed by atoms with Gasteiger partial charge in [-0.25, -0.2) is 23.4 Å². The van der Waals surface area contributed by atoms with E-state index in [1.165, 1.54) is 11.1 Å². The van der Waals surface area contributed by atoms with Gasteiger partial charge in [-0.2, -0.15) is 0 Å². The maximum Gasteiger partial charge on any atom is 0.229 e. The lowest BCUT2D eigenvalue weighted by Gasteiger charge is -2.54. The summed E-state index contributed by atoms with van der Waals surface area (Å²) in [6, 6.07) is 8.43. The summed E-state index contributed by atoms with van der Waals surface area (Å²) in [4.78, 5) is 19.3. The fourth-order valence-corrected chi connectivity index (χ4v) is 8.73. The van der Waals surface area contributed by atoms with Gasteiger partial charge in [0.2, 0.25) is 5.71 Å². The lowest BCUT2D eigenvalue weighted by Crippen LogP contribution is -2.67. The number of sulfone groups is 1. The number of likely N-dealkylation sites (tertiary alicyclic amines) is 1. The third-order valence-corrected chi connectivity index (χ3v) is 10.3. The summed E-state index contributed by atoms with van der Waals surface area (Å²) in [6.07, 6.45) is 7.11. The molecule has 1 aliphatic carbocycles. The first kappa shape index (κ1) is 22.6. The summed E-state index contributed by atoms with van der Waals surface area (Å²) in [5.41, 5.74) is 6.49. The van der Waals surface area contributed by atoms with Crippen molar-refractivity contribution in [3.05, 3.63) is 53.2 Å². The molecule has 3 fully saturated rings. The van der Waals surface area contributed by atoms with Gasteiger partial charge < -0.3 is 14.1 Å². The van der Waals surface area contributed by atoms with Crippen molar-refractivity contribution in [2.75, 3.05) is 55.8 Å². The Kier molecular flexibility index (Phi) is 4.81. The van der Waals surface area contributed by atoms with Crippen LogP contribution in [-0.4, -0.2) is 79.2 Å². The number of nitrogens with zero attached hydrogens (tertiary/aromatic N) is 5. The second-order valence-electron chi connectivity index (χ2n) is 11.1. The number of fused-ring (bicyclic) bond motifs is 4. The number of benzene rings is 1. The van der Waals surface area contributed by atoms with Crippen LogP contribution in [0.25, 0.3) is 39.7 Å². The van der Waals surface area contributed by atoms with Crippen molar-refractivity contribution in [3.8, 4) is 11.4 Å². The minimum atomic E-state index is -2.82. The molecule has 9 nitrogen and oxygen atoms in total. The molecule has 6 heterocycles. The van der Waals surface area contributed by atoms with Crippen molar-refractivity contribution in [3.63, 3.8) is 0 Å². The van der Waals surface area contributed by atoms with E-state index in [0.717, 1.165) is 67.0 Å². The van der Waals surface area contributed by atoms with Gasteiger partial charge in [-0.3, -0.25) is 4.90 Å². The van der Waals surface area contributed by atoms with Crippen LogP contribution in [0.4, 0.5) is 5.82 Å². The van der Waals surface area contributed by atoms with Crippen molar-refractivity contribution in [2.45, 2.75) is 13.0 Å². The Labute approximate surface area is 220 Å². The van der Waals surface area contributed by atoms with E-state index in [1.807, 2.05) is 6.20 Å². The van der Waals surface area contributed by atoms with Crippen LogP contribution < -0.4 is 4.90 Å². The normalized spacial score (nSPS) is 21.6. The number of furan rings is 1. The molecule has 0 atom stereocenters. The van der Waals surface area contributed by atoms with Crippen LogP contribution in [0.2, 0.25) is 0 Å². The summed E-state index contributed by atoms with van der Waals surface area (Å²) in [7, 11) is -2.82. The van der Waals surface area contributed by atoms with Crippen LogP contribution in [0.15, 0.2) is 41.0 Å². The number of allylic oxidation sites excluding steroid dienone is 1. The third-order valence-electron chi connectivity index (χ3n) is 8.16. The molecule has 3 aliphatic heterocycles. The van der Waals surface area contributed by atoms with Gasteiger partial charge in [0.25, 0.3) is 0 Å². The van der Waals surface area contributed by atoms with Crippen LogP contribution in [0.5, 0.6) is 0 Å². The maximum atomic E-state index is 11.7. The molecule has 194 valence electrons. The lowest BCUT2D eigenvalue weighted by atomic mass is 9.82. The van der Waals surface area contributed by atoms with Crippen molar-refractivity contribution in [2.24, 2.45) is 5.41 Å². The van der Waals surface area contributed by atoms with Gasteiger partial charge in [-0.15, -0.1) is 0 Å². The number of rotatable bonds is 4. The Balaban J connectivity index is 1.21. The van der Waals surface area contributed by atoms with Gasteiger partial charge in [0, 0.05) is 49.9 Å². The van der Waals surface area contributed by atoms with Crippen molar-refractivity contribution in [1.82, 2.24) is 19.9 Å². The first-order chi connectivity index (χ1) is 18.5. The Hall–Kier alpha value is -3.34. The first-order valence-corrected chi connectivity index (χ1v) is 14.9. The second kappa shape index (κ2) is 8.08. The van der Waals surface area contributed by atoms with E-state index < -0.39 is 9.84 Å². The fraction of sp³-hybridized carbons (Fsp3) is 0.393. The SMILES string of the molecule is O=S1(=O)CC2(CN(Cc3cnc4oc5c(N6CCOCC6)nc(-c6cccc7c6C=CC7)nc5c4c3)C2)C1. The van der Waals surface area contributed by atoms with E-state index in [4.69, 9.17) is 19.1 Å². The first-order valence-electron chi connectivity index (χ1n) is 13.1. The number of pyridine rings is 1. The molecule has 1 spiro atoms. The van der Waals surface area contributed by atoms with Crippen molar-refractivity contribution < 1.29 is 17.6 Å². The number of morpholine rings is 1. The third kappa shape index (κ3) is 3.58. The quantitative estimate of drug-likeness (QED) is 0.395. The van der Waals surface area contributed by atoms with Crippen LogP contribution in [0, 0.1) is 5.41 Å². The van der Waals surface area contributed by atoms with Crippen LogP contribution in [0.1, 0.15) is 16.7 Å². The monoisotopic (exact) mass is 529 g/mol. The summed E-state index contributed by atoms with van der Waals surface area (Å²) in [5, 5.41) is 0.875. The van der Waals surface area contributed by atoms with Gasteiger partial charge >= 0.3 is 0 Å². The minimum absolute atomic E-state index is 0.0295. The summed E-state index contributed by atoms with van der Waals surface area (Å²) in [5.74, 6) is 2.11. The molecule has 0 radical (unpaired) electrons. The largest absolute Gasteiger partial charge is 0.432 e. The van der Waals surface area contributed by atoms with Crippen LogP contribution >= 0.6 is 0 Å². The molecule has 1 aromatic carbocycles. The zero-order valence-electron chi connectivity index (χ0n) is 20.9. The van der Waals surface area contributed by atoms with E-state index in [-0.39, 0.29) is 5.41 Å². The number of ether oxygens (including phenoxy) is 1. The van der Waals surface area contributed by atoms with E-state index in [0.29, 0.717) is 41.8 Å². The highest BCUT2D eigenvalue weighted by Gasteiger charge is 2.55. The molecule has 4 aliphatic rings. The highest BCUT2D eigenvalue weighted by molar-refractivity contribution is 7.92. The van der Waals surface area contributed by atoms with Gasteiger partial charge in [0.05, 0.1) is 30.1 Å². The Morgan fingerprint density at radius 1 is 1.08 bits per heavy atom. The van der Waals surface area contributed by atoms with E-state index in [1.54, 1.807) is 0 Å². The van der Waals surface area contributed by atoms with E-state index in [9.17, 15) is 8.42 Å². The molecule has 8 rings (SSSR count). The predicted molar refractivity (Wildman–Crippen MR) is 145 cm³/mol. The van der Waals surface area contributed by atoms with Crippen molar-refractivity contribution in [1.29, 1.82) is 0 Å². The van der Waals surface area contributed by atoms with E-state index in [2.05, 4.69) is 51.2 Å². The van der Waals surface area contributed by atoms with Gasteiger partial charge in [0.15, 0.2) is 27.1 Å². The Morgan fingerprint density at radius 3 is 2.74 bits per heavy atom. The standard InChI is InChI=1S/C28H27N5O4S/c34-38(35)16-28(17-38)14-32(15-28)13-18-11-22-23-24(37-27(22)29-12-18)26(33-7-9-36-10-8-33)31-25(30-23)21-6-2-4-19-3-1-5-20(19)21/h1-2,4-6,11-12H,3,7-10,13-17H2. The topological polar surface area (TPSA) is 102 Å². The zero-order chi connectivity index (χ0) is 25.5.